The van der Waals surface area contributed by atoms with Crippen LogP contribution >= 0.6 is 35.7 Å². The lowest BCUT2D eigenvalue weighted by Crippen LogP contribution is -2.48. The Morgan fingerprint density at radius 2 is 2.39 bits per heavy atom. The molecular weight excluding hydrogens is 427 g/mol. The van der Waals surface area contributed by atoms with E-state index in [1.165, 1.54) is 0 Å². The van der Waals surface area contributed by atoms with Crippen molar-refractivity contribution >= 4 is 41.7 Å². The largest absolute Gasteiger partial charge is 0.387 e. The normalized spacial score (nSPS) is 27.3. The van der Waals surface area contributed by atoms with E-state index in [0.717, 1.165) is 49.0 Å². The van der Waals surface area contributed by atoms with Crippen LogP contribution in [0.25, 0.3) is 0 Å². The monoisotopic (exact) mass is 452 g/mol. The Morgan fingerprint density at radius 1 is 1.57 bits per heavy atom. The van der Waals surface area contributed by atoms with Crippen molar-refractivity contribution in [3.8, 4) is 0 Å². The molecule has 2 unspecified atom stereocenters. The fourth-order valence-corrected chi connectivity index (χ4v) is 4.24. The molecule has 130 valence electrons. The highest BCUT2D eigenvalue weighted by Crippen LogP contribution is 2.27. The van der Waals surface area contributed by atoms with Gasteiger partial charge in [-0.3, -0.25) is 4.99 Å². The van der Waals surface area contributed by atoms with E-state index in [0.29, 0.717) is 12.5 Å². The Balaban J connectivity index is 0.00000192. The zero-order valence-corrected chi connectivity index (χ0v) is 16.7. The molecular formula is C14H25IN6OS. The topological polar surface area (TPSA) is 87.4 Å². The average molecular weight is 452 g/mol. The summed E-state index contributed by atoms with van der Waals surface area (Å²) in [5.41, 5.74) is -0.620. The first-order valence-electron chi connectivity index (χ1n) is 7.78. The molecule has 2 atom stereocenters. The summed E-state index contributed by atoms with van der Waals surface area (Å²) in [6, 6.07) is 0.119. The van der Waals surface area contributed by atoms with Crippen LogP contribution in [0.1, 0.15) is 37.0 Å². The van der Waals surface area contributed by atoms with Gasteiger partial charge >= 0.3 is 0 Å². The number of fused-ring (bicyclic) bond motifs is 1. The van der Waals surface area contributed by atoms with Gasteiger partial charge in [0.25, 0.3) is 0 Å². The molecule has 0 spiro atoms. The second-order valence-electron chi connectivity index (χ2n) is 6.03. The lowest BCUT2D eigenvalue weighted by Gasteiger charge is -2.27. The molecule has 23 heavy (non-hydrogen) atoms. The van der Waals surface area contributed by atoms with Crippen molar-refractivity contribution in [2.75, 3.05) is 25.1 Å². The van der Waals surface area contributed by atoms with Gasteiger partial charge in [-0.25, -0.2) is 9.67 Å². The van der Waals surface area contributed by atoms with Crippen molar-refractivity contribution in [2.45, 2.75) is 44.4 Å². The third-order valence-corrected chi connectivity index (χ3v) is 5.42. The third-order valence-electron chi connectivity index (χ3n) is 4.18. The Hall–Kier alpha value is -0.550. The minimum Gasteiger partial charge on any atom is -0.387 e. The second kappa shape index (κ2) is 8.02. The van der Waals surface area contributed by atoms with Crippen LogP contribution in [0.3, 0.4) is 0 Å². The standard InChI is InChI=1S/C14H24N6OS.HI/c1-10-17-12-11(4-3-6-20(12)19-10)18-13(15-2)16-8-14(21)5-7-22-9-14;/h11,21H,3-9H2,1-2H3,(H2,15,16,18);1H. The highest BCUT2D eigenvalue weighted by atomic mass is 127. The molecule has 0 amide bonds. The van der Waals surface area contributed by atoms with Crippen LogP contribution < -0.4 is 10.6 Å². The molecule has 1 saturated heterocycles. The van der Waals surface area contributed by atoms with Crippen LogP contribution in [0.15, 0.2) is 4.99 Å². The van der Waals surface area contributed by atoms with Gasteiger partial charge in [0.2, 0.25) is 0 Å². The van der Waals surface area contributed by atoms with E-state index in [2.05, 4.69) is 25.7 Å². The van der Waals surface area contributed by atoms with Crippen molar-refractivity contribution in [3.63, 3.8) is 0 Å². The van der Waals surface area contributed by atoms with Crippen molar-refractivity contribution in [2.24, 2.45) is 4.99 Å². The number of hydrogen-bond acceptors (Lipinski definition) is 5. The first-order valence-corrected chi connectivity index (χ1v) is 8.94. The molecule has 0 aliphatic carbocycles. The molecule has 0 saturated carbocycles. The van der Waals surface area contributed by atoms with Gasteiger partial charge in [0, 0.05) is 25.9 Å². The molecule has 3 N–H and O–H groups in total. The number of hydrogen-bond donors (Lipinski definition) is 3. The fourth-order valence-electron chi connectivity index (χ4n) is 2.95. The van der Waals surface area contributed by atoms with Crippen molar-refractivity contribution < 1.29 is 5.11 Å². The number of aliphatic hydroxyl groups is 1. The number of aryl methyl sites for hydroxylation is 2. The van der Waals surface area contributed by atoms with Crippen LogP contribution in [-0.2, 0) is 6.54 Å². The van der Waals surface area contributed by atoms with Gasteiger partial charge in [0.1, 0.15) is 11.6 Å². The third kappa shape index (κ3) is 4.50. The molecule has 7 nitrogen and oxygen atoms in total. The van der Waals surface area contributed by atoms with Gasteiger partial charge in [0.15, 0.2) is 5.96 Å². The lowest BCUT2D eigenvalue weighted by atomic mass is 10.0. The number of halogens is 1. The quantitative estimate of drug-likeness (QED) is 0.362. The maximum absolute atomic E-state index is 10.4. The molecule has 3 rings (SSSR count). The Labute approximate surface area is 158 Å². The zero-order chi connectivity index (χ0) is 15.6. The van der Waals surface area contributed by atoms with Crippen molar-refractivity contribution in [1.29, 1.82) is 0 Å². The van der Waals surface area contributed by atoms with Gasteiger partial charge < -0.3 is 15.7 Å². The molecule has 1 aromatic rings. The molecule has 2 aliphatic heterocycles. The SMILES string of the molecule is CN=C(NCC1(O)CCSC1)NC1CCCn2nc(C)nc21.I. The van der Waals surface area contributed by atoms with Crippen molar-refractivity contribution in [3.05, 3.63) is 11.6 Å². The Morgan fingerprint density at radius 3 is 3.09 bits per heavy atom. The summed E-state index contributed by atoms with van der Waals surface area (Å²) >= 11 is 1.80. The van der Waals surface area contributed by atoms with Gasteiger partial charge in [-0.15, -0.1) is 24.0 Å². The number of nitrogens with one attached hydrogen (secondary N) is 2. The van der Waals surface area contributed by atoms with E-state index in [9.17, 15) is 5.11 Å². The van der Waals surface area contributed by atoms with Crippen LogP contribution in [0, 0.1) is 6.92 Å². The first-order chi connectivity index (χ1) is 10.6. The summed E-state index contributed by atoms with van der Waals surface area (Å²) in [5.74, 6) is 4.30. The molecule has 0 bridgehead atoms. The van der Waals surface area contributed by atoms with Crippen LogP contribution in [0.5, 0.6) is 0 Å². The summed E-state index contributed by atoms with van der Waals surface area (Å²) in [5, 5.41) is 21.5. The molecule has 2 aliphatic rings. The van der Waals surface area contributed by atoms with E-state index in [1.54, 1.807) is 18.8 Å². The Bertz CT molecular complexity index is 557. The minimum absolute atomic E-state index is 0. The zero-order valence-electron chi connectivity index (χ0n) is 13.6. The number of rotatable bonds is 3. The summed E-state index contributed by atoms with van der Waals surface area (Å²) in [7, 11) is 1.75. The number of aliphatic imine (C=N–C) groups is 1. The maximum atomic E-state index is 10.4. The summed E-state index contributed by atoms with van der Waals surface area (Å²) < 4.78 is 1.98. The summed E-state index contributed by atoms with van der Waals surface area (Å²) in [6.45, 7) is 3.37. The molecule has 9 heteroatoms. The van der Waals surface area contributed by atoms with Gasteiger partial charge in [-0.05, 0) is 31.9 Å². The Kier molecular flexibility index (Phi) is 6.55. The van der Waals surface area contributed by atoms with E-state index in [-0.39, 0.29) is 30.0 Å². The highest BCUT2D eigenvalue weighted by Gasteiger charge is 2.32. The predicted octanol–water partition coefficient (Wildman–Crippen LogP) is 1.07. The van der Waals surface area contributed by atoms with Crippen LogP contribution in [-0.4, -0.2) is 56.5 Å². The lowest BCUT2D eigenvalue weighted by molar-refractivity contribution is 0.0723. The minimum atomic E-state index is -0.620. The van der Waals surface area contributed by atoms with Gasteiger partial charge in [0.05, 0.1) is 11.6 Å². The average Bonchev–Trinajstić information content (AvgIpc) is 3.09. The van der Waals surface area contributed by atoms with Gasteiger partial charge in [-0.1, -0.05) is 0 Å². The smallest absolute Gasteiger partial charge is 0.191 e. The predicted molar refractivity (Wildman–Crippen MR) is 104 cm³/mol. The van der Waals surface area contributed by atoms with Gasteiger partial charge in [-0.2, -0.15) is 16.9 Å². The number of guanidine groups is 1. The van der Waals surface area contributed by atoms with E-state index in [1.807, 2.05) is 11.6 Å². The second-order valence-corrected chi connectivity index (χ2v) is 7.14. The van der Waals surface area contributed by atoms with Crippen LogP contribution in [0.2, 0.25) is 0 Å². The summed E-state index contributed by atoms with van der Waals surface area (Å²) in [6.07, 6.45) is 2.92. The highest BCUT2D eigenvalue weighted by molar-refractivity contribution is 14.0. The number of nitrogens with zero attached hydrogens (tertiary/aromatic N) is 4. The number of aromatic nitrogens is 3. The van der Waals surface area contributed by atoms with Crippen molar-refractivity contribution in [1.82, 2.24) is 25.4 Å². The fraction of sp³-hybridized carbons (Fsp3) is 0.786. The molecule has 3 heterocycles. The maximum Gasteiger partial charge on any atom is 0.191 e. The number of thioether (sulfide) groups is 1. The van der Waals surface area contributed by atoms with E-state index >= 15 is 0 Å². The molecule has 0 aromatic carbocycles. The van der Waals surface area contributed by atoms with Crippen LogP contribution in [0.4, 0.5) is 0 Å². The molecule has 1 fully saturated rings. The first kappa shape index (κ1) is 18.8. The molecule has 0 radical (unpaired) electrons. The molecule has 1 aromatic heterocycles. The van der Waals surface area contributed by atoms with E-state index < -0.39 is 5.60 Å². The van der Waals surface area contributed by atoms with E-state index in [4.69, 9.17) is 0 Å². The summed E-state index contributed by atoms with van der Waals surface area (Å²) in [4.78, 5) is 8.80.